The molecule has 1 saturated heterocycles. The van der Waals surface area contributed by atoms with Gasteiger partial charge in [-0.05, 0) is 50.2 Å². The molecule has 0 spiro atoms. The van der Waals surface area contributed by atoms with Gasteiger partial charge in [0.05, 0.1) is 0 Å². The van der Waals surface area contributed by atoms with Crippen LogP contribution in [0.2, 0.25) is 0 Å². The van der Waals surface area contributed by atoms with Crippen LogP contribution in [-0.2, 0) is 9.59 Å². The number of carboxylic acid groups (broad SMARTS) is 1. The number of carboxylic acids is 1. The summed E-state index contributed by atoms with van der Waals surface area (Å²) in [5.74, 6) is -0.646. The molecule has 1 aliphatic carbocycles. The van der Waals surface area contributed by atoms with E-state index < -0.39 is 11.5 Å². The van der Waals surface area contributed by atoms with E-state index in [-0.39, 0.29) is 17.7 Å². The van der Waals surface area contributed by atoms with Crippen molar-refractivity contribution < 1.29 is 14.7 Å². The number of benzene rings is 1. The van der Waals surface area contributed by atoms with Gasteiger partial charge in [0.2, 0.25) is 5.91 Å². The van der Waals surface area contributed by atoms with Crippen LogP contribution in [0.15, 0.2) is 24.3 Å². The molecule has 0 aromatic heterocycles. The van der Waals surface area contributed by atoms with E-state index in [1.807, 2.05) is 12.1 Å². The average Bonchev–Trinajstić information content (AvgIpc) is 3.14. The molecule has 1 aromatic rings. The molecular weight excluding hydrogens is 266 g/mol. The average molecular weight is 287 g/mol. The molecule has 3 unspecified atom stereocenters. The summed E-state index contributed by atoms with van der Waals surface area (Å²) < 4.78 is 0. The van der Waals surface area contributed by atoms with E-state index in [9.17, 15) is 14.7 Å². The Balaban J connectivity index is 1.77. The number of hydrogen-bond acceptors (Lipinski definition) is 2. The third kappa shape index (κ3) is 2.23. The van der Waals surface area contributed by atoms with Gasteiger partial charge < -0.3 is 10.0 Å². The van der Waals surface area contributed by atoms with Gasteiger partial charge in [0, 0.05) is 12.5 Å². The molecule has 21 heavy (non-hydrogen) atoms. The predicted molar refractivity (Wildman–Crippen MR) is 79.0 cm³/mol. The maximum absolute atomic E-state index is 12.7. The lowest BCUT2D eigenvalue weighted by molar-refractivity contribution is -0.155. The summed E-state index contributed by atoms with van der Waals surface area (Å²) in [6.45, 7) is 4.30. The number of carbonyl (C=O) groups excluding carboxylic acids is 1. The van der Waals surface area contributed by atoms with E-state index >= 15 is 0 Å². The van der Waals surface area contributed by atoms with Crippen molar-refractivity contribution in [1.29, 1.82) is 0 Å². The Morgan fingerprint density at radius 3 is 2.71 bits per heavy atom. The first-order valence-electron chi connectivity index (χ1n) is 7.55. The summed E-state index contributed by atoms with van der Waals surface area (Å²) in [4.78, 5) is 25.8. The normalized spacial score (nSPS) is 31.2. The Morgan fingerprint density at radius 1 is 1.33 bits per heavy atom. The Bertz CT molecular complexity index is 597. The summed E-state index contributed by atoms with van der Waals surface area (Å²) >= 11 is 0. The van der Waals surface area contributed by atoms with E-state index in [1.165, 1.54) is 11.1 Å². The highest BCUT2D eigenvalue weighted by Gasteiger charge is 2.53. The fraction of sp³-hybridized carbons (Fsp3) is 0.529. The second kappa shape index (κ2) is 4.86. The molecule has 0 bridgehead atoms. The lowest BCUT2D eigenvalue weighted by Crippen LogP contribution is -2.51. The zero-order chi connectivity index (χ0) is 15.2. The van der Waals surface area contributed by atoms with Gasteiger partial charge in [-0.2, -0.15) is 0 Å². The van der Waals surface area contributed by atoms with Gasteiger partial charge in [0.1, 0.15) is 5.54 Å². The number of nitrogens with zero attached hydrogens (tertiary/aromatic N) is 1. The third-order valence-electron chi connectivity index (χ3n) is 5.06. The second-order valence-corrected chi connectivity index (χ2v) is 6.48. The smallest absolute Gasteiger partial charge is 0.329 e. The van der Waals surface area contributed by atoms with Crippen LogP contribution >= 0.6 is 0 Å². The van der Waals surface area contributed by atoms with Crippen LogP contribution in [0.5, 0.6) is 0 Å². The zero-order valence-electron chi connectivity index (χ0n) is 12.5. The van der Waals surface area contributed by atoms with Crippen molar-refractivity contribution in [2.24, 2.45) is 5.92 Å². The molecule has 1 N–H and O–H groups in total. The van der Waals surface area contributed by atoms with E-state index in [2.05, 4.69) is 19.1 Å². The number of likely N-dealkylation sites (tertiary alicyclic amines) is 1. The van der Waals surface area contributed by atoms with E-state index in [4.69, 9.17) is 0 Å². The number of hydrogen-bond donors (Lipinski definition) is 1. The van der Waals surface area contributed by atoms with E-state index in [0.717, 1.165) is 12.8 Å². The van der Waals surface area contributed by atoms with Crippen LogP contribution in [0.25, 0.3) is 0 Å². The summed E-state index contributed by atoms with van der Waals surface area (Å²) in [5.41, 5.74) is 1.42. The molecule has 1 amide bonds. The molecule has 4 heteroatoms. The number of amides is 1. The second-order valence-electron chi connectivity index (χ2n) is 6.48. The van der Waals surface area contributed by atoms with Gasteiger partial charge in [-0.3, -0.25) is 4.79 Å². The van der Waals surface area contributed by atoms with Crippen LogP contribution in [0.3, 0.4) is 0 Å². The molecule has 2 fully saturated rings. The molecule has 4 nitrogen and oxygen atoms in total. The number of aryl methyl sites for hydroxylation is 1. The third-order valence-corrected chi connectivity index (χ3v) is 5.06. The first-order valence-corrected chi connectivity index (χ1v) is 7.55. The fourth-order valence-corrected chi connectivity index (χ4v) is 3.55. The lowest BCUT2D eigenvalue weighted by Gasteiger charge is -2.31. The van der Waals surface area contributed by atoms with Crippen molar-refractivity contribution in [3.05, 3.63) is 35.4 Å². The van der Waals surface area contributed by atoms with Crippen LogP contribution in [0.1, 0.15) is 43.2 Å². The largest absolute Gasteiger partial charge is 0.480 e. The SMILES string of the molecule is Cc1ccccc1C1CC1C(=O)N1CCCC1(C)C(=O)O. The van der Waals surface area contributed by atoms with Crippen molar-refractivity contribution in [1.82, 2.24) is 4.90 Å². The molecule has 3 rings (SSSR count). The summed E-state index contributed by atoms with van der Waals surface area (Å²) in [6.07, 6.45) is 2.17. The standard InChI is InChI=1S/C17H21NO3/c1-11-6-3-4-7-12(11)13-10-14(13)15(19)18-9-5-8-17(18,2)16(20)21/h3-4,6-7,13-14H,5,8-10H2,1-2H3,(H,20,21). The maximum Gasteiger partial charge on any atom is 0.329 e. The lowest BCUT2D eigenvalue weighted by atomic mass is 9.98. The number of rotatable bonds is 3. The summed E-state index contributed by atoms with van der Waals surface area (Å²) in [5, 5.41) is 9.43. The summed E-state index contributed by atoms with van der Waals surface area (Å²) in [7, 11) is 0. The monoisotopic (exact) mass is 287 g/mol. The van der Waals surface area contributed by atoms with Gasteiger partial charge in [-0.1, -0.05) is 24.3 Å². The van der Waals surface area contributed by atoms with E-state index in [0.29, 0.717) is 13.0 Å². The Labute approximate surface area is 124 Å². The highest BCUT2D eigenvalue weighted by molar-refractivity contribution is 5.90. The van der Waals surface area contributed by atoms with E-state index in [1.54, 1.807) is 11.8 Å². The van der Waals surface area contributed by atoms with Crippen molar-refractivity contribution in [3.8, 4) is 0 Å². The van der Waals surface area contributed by atoms with Gasteiger partial charge in [0.15, 0.2) is 0 Å². The molecule has 1 aliphatic heterocycles. The Kier molecular flexibility index (Phi) is 3.27. The quantitative estimate of drug-likeness (QED) is 0.929. The van der Waals surface area contributed by atoms with Crippen molar-refractivity contribution in [2.45, 2.75) is 44.6 Å². The number of carbonyl (C=O) groups is 2. The first-order chi connectivity index (χ1) is 9.95. The first kappa shape index (κ1) is 14.1. The van der Waals surface area contributed by atoms with Crippen LogP contribution in [0.4, 0.5) is 0 Å². The minimum absolute atomic E-state index is 0.0191. The highest BCUT2D eigenvalue weighted by atomic mass is 16.4. The Morgan fingerprint density at radius 2 is 2.05 bits per heavy atom. The number of aliphatic carboxylic acids is 1. The molecule has 1 saturated carbocycles. The maximum atomic E-state index is 12.7. The minimum Gasteiger partial charge on any atom is -0.480 e. The van der Waals surface area contributed by atoms with Crippen LogP contribution in [0, 0.1) is 12.8 Å². The molecule has 1 aromatic carbocycles. The highest BCUT2D eigenvalue weighted by Crippen LogP contribution is 2.50. The predicted octanol–water partition coefficient (Wildman–Crippen LogP) is 2.56. The topological polar surface area (TPSA) is 57.6 Å². The molecule has 1 heterocycles. The van der Waals surface area contributed by atoms with Gasteiger partial charge in [-0.25, -0.2) is 4.79 Å². The molecular formula is C17H21NO3. The van der Waals surface area contributed by atoms with Crippen molar-refractivity contribution in [3.63, 3.8) is 0 Å². The van der Waals surface area contributed by atoms with Gasteiger partial charge >= 0.3 is 5.97 Å². The zero-order valence-corrected chi connectivity index (χ0v) is 12.5. The molecule has 112 valence electrons. The van der Waals surface area contributed by atoms with Crippen molar-refractivity contribution >= 4 is 11.9 Å². The minimum atomic E-state index is -1.02. The van der Waals surface area contributed by atoms with Crippen molar-refractivity contribution in [2.75, 3.05) is 6.54 Å². The summed E-state index contributed by atoms with van der Waals surface area (Å²) in [6, 6.07) is 8.14. The van der Waals surface area contributed by atoms with Gasteiger partial charge in [0.25, 0.3) is 0 Å². The fourth-order valence-electron chi connectivity index (χ4n) is 3.55. The molecule has 3 atom stereocenters. The van der Waals surface area contributed by atoms with Gasteiger partial charge in [-0.15, -0.1) is 0 Å². The van der Waals surface area contributed by atoms with Crippen LogP contribution < -0.4 is 0 Å². The molecule has 2 aliphatic rings. The molecule has 0 radical (unpaired) electrons. The Hall–Kier alpha value is -1.84. The van der Waals surface area contributed by atoms with Crippen LogP contribution in [-0.4, -0.2) is 34.0 Å².